The Morgan fingerprint density at radius 2 is 2.00 bits per heavy atom. The van der Waals surface area contributed by atoms with Gasteiger partial charge < -0.3 is 14.8 Å². The van der Waals surface area contributed by atoms with Gasteiger partial charge in [-0.3, -0.25) is 4.79 Å². The Balaban J connectivity index is 2.66. The van der Waals surface area contributed by atoms with Gasteiger partial charge in [-0.15, -0.1) is 0 Å². The van der Waals surface area contributed by atoms with E-state index in [0.717, 1.165) is 0 Å². The van der Waals surface area contributed by atoms with Crippen molar-refractivity contribution >= 4 is 17.5 Å². The highest BCUT2D eigenvalue weighted by Gasteiger charge is 2.18. The van der Waals surface area contributed by atoms with Crippen molar-refractivity contribution in [3.8, 4) is 0 Å². The van der Waals surface area contributed by atoms with E-state index in [4.69, 9.17) is 21.1 Å². The summed E-state index contributed by atoms with van der Waals surface area (Å²) in [5, 5.41) is 3.31. The molecule has 0 aliphatic rings. The molecule has 1 atom stereocenters. The SMILES string of the molecule is COC(OC)C(C)NC(=O)c1cccc(Cl)c1. The van der Waals surface area contributed by atoms with Crippen LogP contribution >= 0.6 is 11.6 Å². The highest BCUT2D eigenvalue weighted by molar-refractivity contribution is 6.30. The van der Waals surface area contributed by atoms with Gasteiger partial charge in [-0.1, -0.05) is 17.7 Å². The summed E-state index contributed by atoms with van der Waals surface area (Å²) in [7, 11) is 3.05. The molecule has 0 saturated carbocycles. The molecule has 1 unspecified atom stereocenters. The molecule has 1 aromatic rings. The van der Waals surface area contributed by atoms with Gasteiger partial charge in [-0.05, 0) is 25.1 Å². The zero-order chi connectivity index (χ0) is 12.8. The molecule has 1 N–H and O–H groups in total. The highest BCUT2D eigenvalue weighted by Crippen LogP contribution is 2.11. The number of amides is 1. The molecule has 0 heterocycles. The normalized spacial score (nSPS) is 12.5. The van der Waals surface area contributed by atoms with E-state index in [1.54, 1.807) is 31.2 Å². The lowest BCUT2D eigenvalue weighted by atomic mass is 10.2. The molecule has 0 spiro atoms. The van der Waals surface area contributed by atoms with Crippen molar-refractivity contribution in [3.63, 3.8) is 0 Å². The topological polar surface area (TPSA) is 47.6 Å². The fourth-order valence-corrected chi connectivity index (χ4v) is 1.68. The smallest absolute Gasteiger partial charge is 0.251 e. The molecule has 0 aliphatic carbocycles. The van der Waals surface area contributed by atoms with Crippen molar-refractivity contribution in [2.45, 2.75) is 19.3 Å². The summed E-state index contributed by atoms with van der Waals surface area (Å²) in [5.74, 6) is -0.209. The number of hydrogen-bond acceptors (Lipinski definition) is 3. The predicted octanol–water partition coefficient (Wildman–Crippen LogP) is 2.08. The number of carbonyl (C=O) groups is 1. The molecule has 0 aliphatic heterocycles. The first kappa shape index (κ1) is 14.0. The predicted molar refractivity (Wildman–Crippen MR) is 66.2 cm³/mol. The molecule has 0 saturated heterocycles. The summed E-state index contributed by atoms with van der Waals surface area (Å²) in [5.41, 5.74) is 0.510. The lowest BCUT2D eigenvalue weighted by Gasteiger charge is -2.22. The van der Waals surface area contributed by atoms with Crippen molar-refractivity contribution in [3.05, 3.63) is 34.9 Å². The summed E-state index contributed by atoms with van der Waals surface area (Å²) >= 11 is 5.81. The van der Waals surface area contributed by atoms with Crippen LogP contribution in [0.1, 0.15) is 17.3 Å². The van der Waals surface area contributed by atoms with Crippen LogP contribution in [0.5, 0.6) is 0 Å². The van der Waals surface area contributed by atoms with Gasteiger partial charge >= 0.3 is 0 Å². The van der Waals surface area contributed by atoms with Crippen LogP contribution in [0.15, 0.2) is 24.3 Å². The molecule has 0 aromatic heterocycles. The Hall–Kier alpha value is -1.10. The number of methoxy groups -OCH3 is 2. The fraction of sp³-hybridized carbons (Fsp3) is 0.417. The first-order chi connectivity index (χ1) is 8.08. The summed E-state index contributed by atoms with van der Waals surface area (Å²) in [6.45, 7) is 1.81. The summed E-state index contributed by atoms with van der Waals surface area (Å²) in [6.07, 6.45) is -0.474. The van der Waals surface area contributed by atoms with Crippen LogP contribution in [0.3, 0.4) is 0 Å². The number of benzene rings is 1. The van der Waals surface area contributed by atoms with E-state index in [2.05, 4.69) is 5.32 Å². The molecule has 0 fully saturated rings. The number of carbonyl (C=O) groups excluding carboxylic acids is 1. The largest absolute Gasteiger partial charge is 0.354 e. The maximum Gasteiger partial charge on any atom is 0.251 e. The Labute approximate surface area is 106 Å². The average Bonchev–Trinajstić information content (AvgIpc) is 2.30. The van der Waals surface area contributed by atoms with E-state index in [-0.39, 0.29) is 11.9 Å². The lowest BCUT2D eigenvalue weighted by molar-refractivity contribution is -0.117. The first-order valence-corrected chi connectivity index (χ1v) is 5.58. The Morgan fingerprint density at radius 3 is 2.53 bits per heavy atom. The van der Waals surface area contributed by atoms with E-state index in [1.807, 2.05) is 0 Å². The lowest BCUT2D eigenvalue weighted by Crippen LogP contribution is -2.42. The van der Waals surface area contributed by atoms with Crippen LogP contribution in [-0.2, 0) is 9.47 Å². The van der Waals surface area contributed by atoms with Crippen molar-refractivity contribution in [2.75, 3.05) is 14.2 Å². The van der Waals surface area contributed by atoms with E-state index in [0.29, 0.717) is 10.6 Å². The zero-order valence-corrected chi connectivity index (χ0v) is 10.8. The molecular weight excluding hydrogens is 242 g/mol. The number of halogens is 1. The molecule has 0 radical (unpaired) electrons. The minimum atomic E-state index is -0.474. The van der Waals surface area contributed by atoms with Crippen LogP contribution in [0, 0.1) is 0 Å². The van der Waals surface area contributed by atoms with Gasteiger partial charge in [0.05, 0.1) is 6.04 Å². The molecule has 1 rings (SSSR count). The third-order valence-corrected chi connectivity index (χ3v) is 2.55. The maximum absolute atomic E-state index is 11.9. The van der Waals surface area contributed by atoms with Crippen molar-refractivity contribution in [1.82, 2.24) is 5.32 Å². The Bertz CT molecular complexity index is 380. The standard InChI is InChI=1S/C12H16ClNO3/c1-8(12(16-2)17-3)14-11(15)9-5-4-6-10(13)7-9/h4-8,12H,1-3H3,(H,14,15). The monoisotopic (exact) mass is 257 g/mol. The Morgan fingerprint density at radius 1 is 1.35 bits per heavy atom. The second-order valence-electron chi connectivity index (χ2n) is 3.61. The number of rotatable bonds is 5. The van der Waals surface area contributed by atoms with Crippen LogP contribution in [0.25, 0.3) is 0 Å². The van der Waals surface area contributed by atoms with Gasteiger partial charge in [0, 0.05) is 24.8 Å². The molecule has 1 amide bonds. The van der Waals surface area contributed by atoms with Gasteiger partial charge in [0.1, 0.15) is 0 Å². The molecule has 1 aromatic carbocycles. The van der Waals surface area contributed by atoms with Gasteiger partial charge in [0.25, 0.3) is 5.91 Å². The van der Waals surface area contributed by atoms with Crippen LogP contribution in [-0.4, -0.2) is 32.5 Å². The third-order valence-electron chi connectivity index (χ3n) is 2.32. The van der Waals surface area contributed by atoms with E-state index in [1.165, 1.54) is 14.2 Å². The van der Waals surface area contributed by atoms with E-state index < -0.39 is 6.29 Å². The van der Waals surface area contributed by atoms with Gasteiger partial charge in [-0.2, -0.15) is 0 Å². The summed E-state index contributed by atoms with van der Waals surface area (Å²) in [6, 6.07) is 6.50. The second kappa shape index (κ2) is 6.59. The fourth-order valence-electron chi connectivity index (χ4n) is 1.49. The van der Waals surface area contributed by atoms with Gasteiger partial charge in [-0.25, -0.2) is 0 Å². The maximum atomic E-state index is 11.9. The van der Waals surface area contributed by atoms with Crippen molar-refractivity contribution < 1.29 is 14.3 Å². The molecular formula is C12H16ClNO3. The second-order valence-corrected chi connectivity index (χ2v) is 4.05. The van der Waals surface area contributed by atoms with Gasteiger partial charge in [0.15, 0.2) is 6.29 Å². The van der Waals surface area contributed by atoms with Crippen LogP contribution in [0.4, 0.5) is 0 Å². The van der Waals surface area contributed by atoms with Gasteiger partial charge in [0.2, 0.25) is 0 Å². The number of nitrogens with one attached hydrogen (secondary N) is 1. The Kier molecular flexibility index (Phi) is 5.41. The number of ether oxygens (including phenoxy) is 2. The zero-order valence-electron chi connectivity index (χ0n) is 10.1. The quantitative estimate of drug-likeness (QED) is 0.822. The summed E-state index contributed by atoms with van der Waals surface area (Å²) in [4.78, 5) is 11.9. The van der Waals surface area contributed by atoms with Crippen molar-refractivity contribution in [2.24, 2.45) is 0 Å². The molecule has 4 nitrogen and oxygen atoms in total. The molecule has 5 heteroatoms. The van der Waals surface area contributed by atoms with E-state index in [9.17, 15) is 4.79 Å². The van der Waals surface area contributed by atoms with Crippen LogP contribution in [0.2, 0.25) is 5.02 Å². The molecule has 0 bridgehead atoms. The molecule has 17 heavy (non-hydrogen) atoms. The third kappa shape index (κ3) is 4.00. The average molecular weight is 258 g/mol. The summed E-state index contributed by atoms with van der Waals surface area (Å²) < 4.78 is 10.1. The number of hydrogen-bond donors (Lipinski definition) is 1. The van der Waals surface area contributed by atoms with Crippen LogP contribution < -0.4 is 5.32 Å². The van der Waals surface area contributed by atoms with Crippen molar-refractivity contribution in [1.29, 1.82) is 0 Å². The first-order valence-electron chi connectivity index (χ1n) is 5.20. The highest BCUT2D eigenvalue weighted by atomic mass is 35.5. The minimum absolute atomic E-state index is 0.209. The molecule has 94 valence electrons. The van der Waals surface area contributed by atoms with E-state index >= 15 is 0 Å². The minimum Gasteiger partial charge on any atom is -0.354 e.